The van der Waals surface area contributed by atoms with Crippen LogP contribution in [-0.2, 0) is 4.43 Å². The molecule has 0 amide bonds. The zero-order valence-electron chi connectivity index (χ0n) is 25.4. The molecule has 0 heterocycles. The van der Waals surface area contributed by atoms with Crippen LogP contribution in [0.2, 0.25) is 52.6 Å². The average Bonchev–Trinajstić information content (AvgIpc) is 3.48. The maximum atomic E-state index is 7.50. The van der Waals surface area contributed by atoms with Crippen LogP contribution < -0.4 is 0 Å². The molecule has 198 valence electrons. The van der Waals surface area contributed by atoms with E-state index in [9.17, 15) is 0 Å². The van der Waals surface area contributed by atoms with Crippen LogP contribution in [0.25, 0.3) is 0 Å². The molecule has 1 fully saturated rings. The summed E-state index contributed by atoms with van der Waals surface area (Å²) in [4.78, 5) is 0. The summed E-state index contributed by atoms with van der Waals surface area (Å²) >= 11 is -2.39. The number of rotatable bonds is 17. The van der Waals surface area contributed by atoms with Crippen molar-refractivity contribution in [2.24, 2.45) is 5.92 Å². The van der Waals surface area contributed by atoms with Crippen LogP contribution in [0, 0.1) is 5.92 Å². The van der Waals surface area contributed by atoms with Crippen LogP contribution in [0.3, 0.4) is 0 Å². The standard InChI is InChI=1S/C17H37OSi2.3C4H9.Sn/c1-12(2)20(13(3)4,14(5)6)18-15(7)16-11-17(16)19(8,9)10;3*1-3-4-2;/h12-16H,11H2,1-10H3;3*1,3-4H2,2H3;/t15-,16+;;;;/m1..../s1. The third-order valence-electron chi connectivity index (χ3n) is 9.99. The first-order chi connectivity index (χ1) is 15.2. The second-order valence-corrected chi connectivity index (χ2v) is 40.1. The average molecular weight is 604 g/mol. The topological polar surface area (TPSA) is 9.23 Å². The van der Waals surface area contributed by atoms with Gasteiger partial charge in [-0.15, -0.1) is 0 Å². The molecule has 1 nitrogen and oxygen atoms in total. The van der Waals surface area contributed by atoms with Crippen LogP contribution in [0.1, 0.15) is 114 Å². The predicted octanol–water partition coefficient (Wildman–Crippen LogP) is 11.1. The van der Waals surface area contributed by atoms with E-state index in [0.717, 1.165) is 8.97 Å². The van der Waals surface area contributed by atoms with Gasteiger partial charge in [-0.3, -0.25) is 0 Å². The van der Waals surface area contributed by atoms with Crippen LogP contribution in [0.4, 0.5) is 0 Å². The summed E-state index contributed by atoms with van der Waals surface area (Å²) in [5.74, 6) is 0.869. The molecule has 4 heteroatoms. The van der Waals surface area contributed by atoms with Gasteiger partial charge in [-0.05, 0) is 0 Å². The molecule has 33 heavy (non-hydrogen) atoms. The van der Waals surface area contributed by atoms with Gasteiger partial charge in [0.15, 0.2) is 0 Å². The van der Waals surface area contributed by atoms with E-state index in [1.807, 2.05) is 0 Å². The van der Waals surface area contributed by atoms with E-state index in [4.69, 9.17) is 4.43 Å². The quantitative estimate of drug-likeness (QED) is 0.150. The fourth-order valence-electron chi connectivity index (χ4n) is 8.52. The monoisotopic (exact) mass is 604 g/mol. The van der Waals surface area contributed by atoms with Gasteiger partial charge in [-0.25, -0.2) is 0 Å². The molecule has 1 aliphatic carbocycles. The van der Waals surface area contributed by atoms with Crippen molar-refractivity contribution in [1.29, 1.82) is 0 Å². The SMILES string of the molecule is CCC[CH2][Sn]([CH2]CCC)([CH2]CCC)[C@@]1([Si](C)(C)C)C[C@H]1[C@@H](C)O[Si](C(C)C)(C(C)C)C(C)C. The van der Waals surface area contributed by atoms with Gasteiger partial charge in [0.1, 0.15) is 0 Å². The Balaban J connectivity index is 3.48. The van der Waals surface area contributed by atoms with Crippen LogP contribution in [0.15, 0.2) is 0 Å². The number of hydrogen-bond donors (Lipinski definition) is 0. The summed E-state index contributed by atoms with van der Waals surface area (Å²) in [6, 6.07) is 0. The van der Waals surface area contributed by atoms with Gasteiger partial charge in [0.05, 0.1) is 0 Å². The van der Waals surface area contributed by atoms with Crippen molar-refractivity contribution in [3.63, 3.8) is 0 Å². The third kappa shape index (κ3) is 6.55. The van der Waals surface area contributed by atoms with Crippen molar-refractivity contribution < 1.29 is 4.43 Å². The van der Waals surface area contributed by atoms with Crippen LogP contribution in [0.5, 0.6) is 0 Å². The Morgan fingerprint density at radius 2 is 1.09 bits per heavy atom. The van der Waals surface area contributed by atoms with Crippen molar-refractivity contribution >= 4 is 34.8 Å². The van der Waals surface area contributed by atoms with E-state index in [0.29, 0.717) is 22.7 Å². The van der Waals surface area contributed by atoms with E-state index in [-0.39, 0.29) is 0 Å². The summed E-state index contributed by atoms with van der Waals surface area (Å²) < 4.78 is 13.3. The fraction of sp³-hybridized carbons (Fsp3) is 1.00. The van der Waals surface area contributed by atoms with Crippen molar-refractivity contribution in [1.82, 2.24) is 0 Å². The molecular formula is C29H64OSi2Sn. The first-order valence-corrected chi connectivity index (χ1v) is 28.0. The second-order valence-electron chi connectivity index (χ2n) is 13.8. The molecule has 3 atom stereocenters. The summed E-state index contributed by atoms with van der Waals surface area (Å²) in [7, 11) is -3.14. The summed E-state index contributed by atoms with van der Waals surface area (Å²) in [6.45, 7) is 32.9. The summed E-state index contributed by atoms with van der Waals surface area (Å²) in [5, 5.41) is 0. The van der Waals surface area contributed by atoms with Crippen LogP contribution >= 0.6 is 0 Å². The maximum absolute atomic E-state index is 7.50. The zero-order valence-corrected chi connectivity index (χ0v) is 30.2. The molecular weight excluding hydrogens is 539 g/mol. The molecule has 0 N–H and O–H groups in total. The molecule has 0 aromatic rings. The number of unbranched alkanes of at least 4 members (excludes halogenated alkanes) is 3. The summed E-state index contributed by atoms with van der Waals surface area (Å²) in [5.41, 5.74) is 2.07. The zero-order chi connectivity index (χ0) is 25.7. The first kappa shape index (κ1) is 32.2. The summed E-state index contributed by atoms with van der Waals surface area (Å²) in [6.07, 6.45) is 10.7. The Hall–Kier alpha value is 1.19. The Morgan fingerprint density at radius 3 is 1.36 bits per heavy atom. The molecule has 1 aliphatic rings. The Kier molecular flexibility index (Phi) is 12.8. The van der Waals surface area contributed by atoms with Gasteiger partial charge >= 0.3 is 218 Å². The minimum atomic E-state index is -2.39. The predicted molar refractivity (Wildman–Crippen MR) is 161 cm³/mol. The van der Waals surface area contributed by atoms with E-state index in [2.05, 4.69) is 88.9 Å². The van der Waals surface area contributed by atoms with E-state index >= 15 is 0 Å². The molecule has 0 aromatic heterocycles. The van der Waals surface area contributed by atoms with Gasteiger partial charge < -0.3 is 0 Å². The van der Waals surface area contributed by atoms with E-state index in [1.54, 1.807) is 13.3 Å². The first-order valence-electron chi connectivity index (χ1n) is 14.9. The molecule has 0 bridgehead atoms. The molecule has 1 rings (SSSR count). The molecule has 0 unspecified atom stereocenters. The van der Waals surface area contributed by atoms with Crippen molar-refractivity contribution in [2.45, 2.75) is 173 Å². The van der Waals surface area contributed by atoms with E-state index < -0.39 is 34.8 Å². The second kappa shape index (κ2) is 13.1. The fourth-order valence-corrected chi connectivity index (χ4v) is 53.6. The van der Waals surface area contributed by atoms with Gasteiger partial charge in [0.25, 0.3) is 0 Å². The molecule has 0 radical (unpaired) electrons. The Bertz CT molecular complexity index is 525. The van der Waals surface area contributed by atoms with Gasteiger partial charge in [-0.1, -0.05) is 0 Å². The van der Waals surface area contributed by atoms with E-state index in [1.165, 1.54) is 44.9 Å². The Labute approximate surface area is 217 Å². The van der Waals surface area contributed by atoms with Crippen LogP contribution in [-0.4, -0.2) is 40.9 Å². The minimum absolute atomic E-state index is 0.469. The molecule has 0 aliphatic heterocycles. The van der Waals surface area contributed by atoms with Gasteiger partial charge in [0.2, 0.25) is 0 Å². The van der Waals surface area contributed by atoms with Gasteiger partial charge in [0, 0.05) is 0 Å². The van der Waals surface area contributed by atoms with Gasteiger partial charge in [-0.2, -0.15) is 0 Å². The number of hydrogen-bond acceptors (Lipinski definition) is 1. The third-order valence-corrected chi connectivity index (χ3v) is 47.7. The molecule has 0 aromatic carbocycles. The normalized spacial score (nSPS) is 23.1. The Morgan fingerprint density at radius 1 is 0.727 bits per heavy atom. The van der Waals surface area contributed by atoms with Crippen molar-refractivity contribution in [3.8, 4) is 0 Å². The van der Waals surface area contributed by atoms with Crippen molar-refractivity contribution in [2.75, 3.05) is 0 Å². The molecule has 0 spiro atoms. The molecule has 0 saturated heterocycles. The molecule has 1 saturated carbocycles. The van der Waals surface area contributed by atoms with Crippen molar-refractivity contribution in [3.05, 3.63) is 0 Å².